The molecule has 2 unspecified atom stereocenters. The summed E-state index contributed by atoms with van der Waals surface area (Å²) < 4.78 is 5.20. The third-order valence-electron chi connectivity index (χ3n) is 5.62. The minimum Gasteiger partial charge on any atom is -0.497 e. The molecule has 0 saturated heterocycles. The lowest BCUT2D eigenvalue weighted by Crippen LogP contribution is -2.23. The highest BCUT2D eigenvalue weighted by Crippen LogP contribution is 2.37. The molecule has 3 heteroatoms. The number of methoxy groups -OCH3 is 1. The van der Waals surface area contributed by atoms with Crippen molar-refractivity contribution in [1.82, 2.24) is 4.90 Å². The smallest absolute Gasteiger partial charge is 0.140 e. The molecule has 2 aromatic rings. The minimum atomic E-state index is 0.187. The second-order valence-corrected chi connectivity index (χ2v) is 8.03. The van der Waals surface area contributed by atoms with E-state index in [9.17, 15) is 4.79 Å². The van der Waals surface area contributed by atoms with Crippen LogP contribution in [0.2, 0.25) is 0 Å². The van der Waals surface area contributed by atoms with Crippen LogP contribution in [0.4, 0.5) is 0 Å². The molecule has 3 nitrogen and oxygen atoms in total. The molecule has 3 rings (SSSR count). The fraction of sp³-hybridized carbons (Fsp3) is 0.458. The SMILES string of the molecule is COc1ccc(CC(=O)C2CCCC(c3ccc(CN(C)C)cc3)C2)cc1. The summed E-state index contributed by atoms with van der Waals surface area (Å²) in [5.74, 6) is 1.92. The van der Waals surface area contributed by atoms with Crippen LogP contribution in [0.5, 0.6) is 5.75 Å². The first-order valence-electron chi connectivity index (χ1n) is 9.94. The molecule has 0 aromatic heterocycles. The number of Topliss-reactive ketones (excluding diaryl/α,β-unsaturated/α-hetero) is 1. The van der Waals surface area contributed by atoms with E-state index in [-0.39, 0.29) is 5.92 Å². The fourth-order valence-corrected chi connectivity index (χ4v) is 4.13. The Kier molecular flexibility index (Phi) is 6.68. The van der Waals surface area contributed by atoms with Crippen molar-refractivity contribution < 1.29 is 9.53 Å². The molecule has 144 valence electrons. The Labute approximate surface area is 163 Å². The van der Waals surface area contributed by atoms with E-state index in [0.717, 1.165) is 37.1 Å². The number of hydrogen-bond acceptors (Lipinski definition) is 3. The zero-order valence-electron chi connectivity index (χ0n) is 16.8. The first-order valence-corrected chi connectivity index (χ1v) is 9.94. The third-order valence-corrected chi connectivity index (χ3v) is 5.62. The number of hydrogen-bond donors (Lipinski definition) is 0. The monoisotopic (exact) mass is 365 g/mol. The lowest BCUT2D eigenvalue weighted by molar-refractivity contribution is -0.123. The van der Waals surface area contributed by atoms with Crippen LogP contribution in [0.15, 0.2) is 48.5 Å². The van der Waals surface area contributed by atoms with Gasteiger partial charge in [-0.3, -0.25) is 4.79 Å². The molecular formula is C24H31NO2. The average Bonchev–Trinajstić information content (AvgIpc) is 2.69. The summed E-state index contributed by atoms with van der Waals surface area (Å²) in [7, 11) is 5.84. The van der Waals surface area contributed by atoms with E-state index >= 15 is 0 Å². The van der Waals surface area contributed by atoms with Gasteiger partial charge in [0.1, 0.15) is 11.5 Å². The molecule has 1 fully saturated rings. The number of benzene rings is 2. The van der Waals surface area contributed by atoms with E-state index in [1.165, 1.54) is 17.5 Å². The summed E-state index contributed by atoms with van der Waals surface area (Å²) in [4.78, 5) is 15.0. The molecule has 0 aliphatic heterocycles. The van der Waals surface area contributed by atoms with Crippen molar-refractivity contribution in [2.45, 2.75) is 44.6 Å². The molecule has 2 atom stereocenters. The van der Waals surface area contributed by atoms with Crippen LogP contribution in [0.3, 0.4) is 0 Å². The van der Waals surface area contributed by atoms with Gasteiger partial charge in [0.05, 0.1) is 7.11 Å². The topological polar surface area (TPSA) is 29.5 Å². The van der Waals surface area contributed by atoms with Crippen molar-refractivity contribution in [3.05, 3.63) is 65.2 Å². The molecule has 0 radical (unpaired) electrons. The summed E-state index contributed by atoms with van der Waals surface area (Å²) in [6, 6.07) is 16.9. The summed E-state index contributed by atoms with van der Waals surface area (Å²) in [6.45, 7) is 0.966. The first-order chi connectivity index (χ1) is 13.0. The van der Waals surface area contributed by atoms with Crippen molar-refractivity contribution >= 4 is 5.78 Å². The molecule has 0 bridgehead atoms. The normalized spacial score (nSPS) is 19.9. The first kappa shape index (κ1) is 19.6. The second-order valence-electron chi connectivity index (χ2n) is 8.03. The summed E-state index contributed by atoms with van der Waals surface area (Å²) in [6.07, 6.45) is 4.89. The van der Waals surface area contributed by atoms with Gasteiger partial charge in [0.15, 0.2) is 0 Å². The average molecular weight is 366 g/mol. The van der Waals surface area contributed by atoms with Crippen LogP contribution < -0.4 is 4.74 Å². The zero-order valence-corrected chi connectivity index (χ0v) is 16.8. The molecular weight excluding hydrogens is 334 g/mol. The highest BCUT2D eigenvalue weighted by atomic mass is 16.5. The van der Waals surface area contributed by atoms with Crippen LogP contribution >= 0.6 is 0 Å². The van der Waals surface area contributed by atoms with E-state index in [4.69, 9.17) is 4.74 Å². The van der Waals surface area contributed by atoms with Gasteiger partial charge in [-0.15, -0.1) is 0 Å². The van der Waals surface area contributed by atoms with E-state index in [2.05, 4.69) is 43.3 Å². The fourth-order valence-electron chi connectivity index (χ4n) is 4.13. The Hall–Kier alpha value is -2.13. The van der Waals surface area contributed by atoms with E-state index in [1.807, 2.05) is 24.3 Å². The van der Waals surface area contributed by atoms with Crippen molar-refractivity contribution in [2.75, 3.05) is 21.2 Å². The number of rotatable bonds is 7. The van der Waals surface area contributed by atoms with Gasteiger partial charge in [0.25, 0.3) is 0 Å². The molecule has 2 aromatic carbocycles. The van der Waals surface area contributed by atoms with E-state index in [1.54, 1.807) is 7.11 Å². The van der Waals surface area contributed by atoms with Crippen LogP contribution in [0.1, 0.15) is 48.3 Å². The van der Waals surface area contributed by atoms with Gasteiger partial charge >= 0.3 is 0 Å². The highest BCUT2D eigenvalue weighted by molar-refractivity contribution is 5.83. The van der Waals surface area contributed by atoms with Gasteiger partial charge in [0, 0.05) is 18.9 Å². The molecule has 1 aliphatic carbocycles. The van der Waals surface area contributed by atoms with Crippen LogP contribution in [-0.2, 0) is 17.8 Å². The number of ketones is 1. The quantitative estimate of drug-likeness (QED) is 0.703. The van der Waals surface area contributed by atoms with E-state index < -0.39 is 0 Å². The molecule has 0 amide bonds. The van der Waals surface area contributed by atoms with Crippen molar-refractivity contribution in [3.8, 4) is 5.75 Å². The van der Waals surface area contributed by atoms with Gasteiger partial charge in [-0.05, 0) is 68.1 Å². The molecule has 1 saturated carbocycles. The molecule has 0 heterocycles. The van der Waals surface area contributed by atoms with Crippen molar-refractivity contribution in [1.29, 1.82) is 0 Å². The maximum Gasteiger partial charge on any atom is 0.140 e. The Morgan fingerprint density at radius 3 is 2.30 bits per heavy atom. The van der Waals surface area contributed by atoms with Gasteiger partial charge in [-0.1, -0.05) is 42.8 Å². The van der Waals surface area contributed by atoms with Crippen molar-refractivity contribution in [2.24, 2.45) is 5.92 Å². The Morgan fingerprint density at radius 2 is 1.67 bits per heavy atom. The lowest BCUT2D eigenvalue weighted by Gasteiger charge is -2.29. The van der Waals surface area contributed by atoms with E-state index in [0.29, 0.717) is 18.1 Å². The predicted octanol–water partition coefficient (Wildman–Crippen LogP) is 4.84. The zero-order chi connectivity index (χ0) is 19.2. The highest BCUT2D eigenvalue weighted by Gasteiger charge is 2.28. The Balaban J connectivity index is 1.60. The van der Waals surface area contributed by atoms with Crippen LogP contribution in [0.25, 0.3) is 0 Å². The standard InChI is InChI=1S/C24H31NO2/c1-25(2)17-19-7-11-20(12-8-19)21-5-4-6-22(16-21)24(26)15-18-9-13-23(27-3)14-10-18/h7-14,21-22H,4-6,15-17H2,1-3H3. The van der Waals surface area contributed by atoms with Crippen LogP contribution in [-0.4, -0.2) is 31.9 Å². The number of carbonyl (C=O) groups is 1. The number of nitrogens with zero attached hydrogens (tertiary/aromatic N) is 1. The summed E-state index contributed by atoms with van der Waals surface area (Å²) in [5, 5.41) is 0. The lowest BCUT2D eigenvalue weighted by atomic mass is 9.75. The minimum absolute atomic E-state index is 0.187. The third kappa shape index (κ3) is 5.43. The molecule has 27 heavy (non-hydrogen) atoms. The molecule has 1 aliphatic rings. The molecule has 0 spiro atoms. The Bertz CT molecular complexity index is 734. The second kappa shape index (κ2) is 9.18. The maximum absolute atomic E-state index is 12.8. The van der Waals surface area contributed by atoms with Crippen LogP contribution in [0, 0.1) is 5.92 Å². The predicted molar refractivity (Wildman–Crippen MR) is 110 cm³/mol. The maximum atomic E-state index is 12.8. The van der Waals surface area contributed by atoms with Crippen molar-refractivity contribution in [3.63, 3.8) is 0 Å². The Morgan fingerprint density at radius 1 is 1.00 bits per heavy atom. The van der Waals surface area contributed by atoms with Gasteiger partial charge in [0.2, 0.25) is 0 Å². The van der Waals surface area contributed by atoms with Gasteiger partial charge in [-0.2, -0.15) is 0 Å². The largest absolute Gasteiger partial charge is 0.497 e. The number of carbonyl (C=O) groups excluding carboxylic acids is 1. The summed E-state index contributed by atoms with van der Waals surface area (Å²) >= 11 is 0. The number of ether oxygens (including phenoxy) is 1. The summed E-state index contributed by atoms with van der Waals surface area (Å²) in [5.41, 5.74) is 3.81. The molecule has 0 N–H and O–H groups in total. The van der Waals surface area contributed by atoms with Gasteiger partial charge in [-0.25, -0.2) is 0 Å². The van der Waals surface area contributed by atoms with Gasteiger partial charge < -0.3 is 9.64 Å².